The van der Waals surface area contributed by atoms with Gasteiger partial charge in [-0.2, -0.15) is 5.10 Å². The van der Waals surface area contributed by atoms with Crippen molar-refractivity contribution in [2.24, 2.45) is 0 Å². The van der Waals surface area contributed by atoms with E-state index in [1.54, 1.807) is 38.1 Å². The minimum atomic E-state index is -3.78. The Morgan fingerprint density at radius 1 is 1.38 bits per heavy atom. The maximum atomic E-state index is 12.4. The lowest BCUT2D eigenvalue weighted by molar-refractivity contribution is 0.273. The largest absolute Gasteiger partial charge is 0.390 e. The summed E-state index contributed by atoms with van der Waals surface area (Å²) in [5, 5.41) is 16.1. The maximum absolute atomic E-state index is 12.4. The van der Waals surface area contributed by atoms with Gasteiger partial charge in [0.1, 0.15) is 10.6 Å². The van der Waals surface area contributed by atoms with Crippen molar-refractivity contribution >= 4 is 21.6 Å². The first-order valence-electron chi connectivity index (χ1n) is 6.27. The van der Waals surface area contributed by atoms with Gasteiger partial charge < -0.3 is 5.11 Å². The van der Waals surface area contributed by atoms with Gasteiger partial charge in [0, 0.05) is 11.1 Å². The van der Waals surface area contributed by atoms with Gasteiger partial charge in [-0.1, -0.05) is 23.7 Å². The Morgan fingerprint density at radius 3 is 2.57 bits per heavy atom. The Bertz CT molecular complexity index is 726. The first-order chi connectivity index (χ1) is 9.85. The summed E-state index contributed by atoms with van der Waals surface area (Å²) in [7, 11) is -3.78. The zero-order valence-electron chi connectivity index (χ0n) is 11.6. The standard InChI is InChI=1S/C13H16ClN3O3S/c1-8(10-3-5-11(14)6-4-10)17-21(19,20)13-9(2)15-16-12(13)7-18/h3-6,8,17-18H,7H2,1-2H3,(H,15,16). The average Bonchev–Trinajstić information content (AvgIpc) is 2.80. The fourth-order valence-electron chi connectivity index (χ4n) is 2.04. The van der Waals surface area contributed by atoms with E-state index in [4.69, 9.17) is 11.6 Å². The molecular formula is C13H16ClN3O3S. The van der Waals surface area contributed by atoms with Gasteiger partial charge in [0.05, 0.1) is 12.3 Å². The minimum absolute atomic E-state index is 0.00851. The lowest BCUT2D eigenvalue weighted by Crippen LogP contribution is -2.28. The van der Waals surface area contributed by atoms with E-state index in [-0.39, 0.29) is 10.6 Å². The number of aromatic nitrogens is 2. The van der Waals surface area contributed by atoms with Crippen LogP contribution < -0.4 is 4.72 Å². The monoisotopic (exact) mass is 329 g/mol. The lowest BCUT2D eigenvalue weighted by atomic mass is 10.1. The van der Waals surface area contributed by atoms with Gasteiger partial charge in [0.15, 0.2) is 0 Å². The second-order valence-electron chi connectivity index (χ2n) is 4.68. The molecular weight excluding hydrogens is 314 g/mol. The third kappa shape index (κ3) is 3.44. The number of aliphatic hydroxyl groups excluding tert-OH is 1. The summed E-state index contributed by atoms with van der Waals surface area (Å²) >= 11 is 5.81. The first kappa shape index (κ1) is 16.0. The molecule has 1 aromatic heterocycles. The van der Waals surface area contributed by atoms with Gasteiger partial charge in [-0.3, -0.25) is 5.10 Å². The van der Waals surface area contributed by atoms with Crippen LogP contribution in [-0.4, -0.2) is 23.7 Å². The van der Waals surface area contributed by atoms with E-state index >= 15 is 0 Å². The highest BCUT2D eigenvalue weighted by Crippen LogP contribution is 2.22. The molecule has 0 bridgehead atoms. The molecule has 0 aliphatic rings. The van der Waals surface area contributed by atoms with Crippen LogP contribution in [0.3, 0.4) is 0 Å². The van der Waals surface area contributed by atoms with E-state index in [0.29, 0.717) is 10.7 Å². The van der Waals surface area contributed by atoms with Crippen LogP contribution in [0.15, 0.2) is 29.2 Å². The average molecular weight is 330 g/mol. The van der Waals surface area contributed by atoms with Crippen LogP contribution in [0, 0.1) is 6.92 Å². The number of halogens is 1. The van der Waals surface area contributed by atoms with Gasteiger partial charge in [-0.15, -0.1) is 0 Å². The van der Waals surface area contributed by atoms with Crippen LogP contribution in [-0.2, 0) is 16.6 Å². The van der Waals surface area contributed by atoms with Crippen molar-refractivity contribution in [3.05, 3.63) is 46.2 Å². The summed E-state index contributed by atoms with van der Waals surface area (Å²) in [6, 6.07) is 6.47. The van der Waals surface area contributed by atoms with Gasteiger partial charge in [0.2, 0.25) is 10.0 Å². The van der Waals surface area contributed by atoms with Crippen molar-refractivity contribution in [1.29, 1.82) is 0 Å². The van der Waals surface area contributed by atoms with Crippen molar-refractivity contribution in [2.45, 2.75) is 31.4 Å². The molecule has 0 spiro atoms. The smallest absolute Gasteiger partial charge is 0.244 e. The SMILES string of the molecule is Cc1[nH]nc(CO)c1S(=O)(=O)NC(C)c1ccc(Cl)cc1. The maximum Gasteiger partial charge on any atom is 0.244 e. The van der Waals surface area contributed by atoms with E-state index in [9.17, 15) is 13.5 Å². The molecule has 0 radical (unpaired) electrons. The molecule has 0 fully saturated rings. The predicted molar refractivity (Wildman–Crippen MR) is 79.4 cm³/mol. The van der Waals surface area contributed by atoms with E-state index in [1.165, 1.54) is 0 Å². The molecule has 8 heteroatoms. The number of nitrogens with one attached hydrogen (secondary N) is 2. The van der Waals surface area contributed by atoms with Gasteiger partial charge >= 0.3 is 0 Å². The molecule has 0 aliphatic carbocycles. The molecule has 1 aromatic carbocycles. The quantitative estimate of drug-likeness (QED) is 0.780. The molecule has 1 unspecified atom stereocenters. The number of aliphatic hydroxyl groups is 1. The topological polar surface area (TPSA) is 95.1 Å². The number of nitrogens with zero attached hydrogens (tertiary/aromatic N) is 1. The molecule has 0 amide bonds. The number of H-pyrrole nitrogens is 1. The minimum Gasteiger partial charge on any atom is -0.390 e. The van der Waals surface area contributed by atoms with Crippen molar-refractivity contribution in [1.82, 2.24) is 14.9 Å². The highest BCUT2D eigenvalue weighted by Gasteiger charge is 2.25. The van der Waals surface area contributed by atoms with Crippen molar-refractivity contribution in [3.8, 4) is 0 Å². The number of aryl methyl sites for hydroxylation is 1. The fraction of sp³-hybridized carbons (Fsp3) is 0.308. The molecule has 114 valence electrons. The molecule has 0 saturated heterocycles. The number of rotatable bonds is 5. The Balaban J connectivity index is 2.28. The number of sulfonamides is 1. The summed E-state index contributed by atoms with van der Waals surface area (Å²) in [6.45, 7) is 2.87. The van der Waals surface area contributed by atoms with Crippen LogP contribution in [0.5, 0.6) is 0 Å². The Kier molecular flexibility index (Phi) is 4.67. The van der Waals surface area contributed by atoms with Crippen LogP contribution in [0.25, 0.3) is 0 Å². The zero-order chi connectivity index (χ0) is 15.6. The second-order valence-corrected chi connectivity index (χ2v) is 6.76. The molecule has 3 N–H and O–H groups in total. The van der Waals surface area contributed by atoms with Crippen molar-refractivity contribution in [3.63, 3.8) is 0 Å². The van der Waals surface area contributed by atoms with E-state index in [2.05, 4.69) is 14.9 Å². The molecule has 0 saturated carbocycles. The van der Waals surface area contributed by atoms with Crippen LogP contribution >= 0.6 is 11.6 Å². The normalized spacial score (nSPS) is 13.3. The van der Waals surface area contributed by atoms with E-state index < -0.39 is 22.7 Å². The molecule has 1 atom stereocenters. The zero-order valence-corrected chi connectivity index (χ0v) is 13.2. The highest BCUT2D eigenvalue weighted by atomic mass is 35.5. The van der Waals surface area contributed by atoms with Crippen LogP contribution in [0.2, 0.25) is 5.02 Å². The fourth-order valence-corrected chi connectivity index (χ4v) is 3.76. The van der Waals surface area contributed by atoms with Crippen LogP contribution in [0.1, 0.15) is 29.9 Å². The van der Waals surface area contributed by atoms with Gasteiger partial charge in [-0.25, -0.2) is 13.1 Å². The molecule has 0 aliphatic heterocycles. The summed E-state index contributed by atoms with van der Waals surface area (Å²) in [5.41, 5.74) is 1.27. The molecule has 21 heavy (non-hydrogen) atoms. The second kappa shape index (κ2) is 6.15. The number of benzene rings is 1. The number of hydrogen-bond donors (Lipinski definition) is 3. The number of hydrogen-bond acceptors (Lipinski definition) is 4. The molecule has 2 aromatic rings. The predicted octanol–water partition coefficient (Wildman–Crippen LogP) is 1.90. The molecule has 2 rings (SSSR count). The summed E-state index contributed by atoms with van der Waals surface area (Å²) in [6.07, 6.45) is 0. The Morgan fingerprint density at radius 2 is 2.00 bits per heavy atom. The van der Waals surface area contributed by atoms with E-state index in [1.807, 2.05) is 0 Å². The van der Waals surface area contributed by atoms with Gasteiger partial charge in [-0.05, 0) is 31.5 Å². The van der Waals surface area contributed by atoms with Crippen molar-refractivity contribution in [2.75, 3.05) is 0 Å². The van der Waals surface area contributed by atoms with Crippen LogP contribution in [0.4, 0.5) is 0 Å². The number of aromatic amines is 1. The Labute approximate surface area is 128 Å². The summed E-state index contributed by atoms with van der Waals surface area (Å²) < 4.78 is 27.4. The summed E-state index contributed by atoms with van der Waals surface area (Å²) in [4.78, 5) is -0.00851. The first-order valence-corrected chi connectivity index (χ1v) is 8.13. The lowest BCUT2D eigenvalue weighted by Gasteiger charge is -2.15. The molecule has 1 heterocycles. The van der Waals surface area contributed by atoms with Crippen molar-refractivity contribution < 1.29 is 13.5 Å². The Hall–Kier alpha value is -1.41. The van der Waals surface area contributed by atoms with E-state index in [0.717, 1.165) is 5.56 Å². The highest BCUT2D eigenvalue weighted by molar-refractivity contribution is 7.89. The van der Waals surface area contributed by atoms with Gasteiger partial charge in [0.25, 0.3) is 0 Å². The molecule has 6 nitrogen and oxygen atoms in total. The summed E-state index contributed by atoms with van der Waals surface area (Å²) in [5.74, 6) is 0. The third-order valence-corrected chi connectivity index (χ3v) is 5.08. The third-order valence-electron chi connectivity index (χ3n) is 3.08.